The number of halogens is 1. The summed E-state index contributed by atoms with van der Waals surface area (Å²) in [4.78, 5) is 0. The molecule has 0 saturated heterocycles. The molecule has 14 heavy (non-hydrogen) atoms. The van der Waals surface area contributed by atoms with Crippen molar-refractivity contribution in [1.29, 1.82) is 0 Å². The summed E-state index contributed by atoms with van der Waals surface area (Å²) in [5, 5.41) is 0.965. The average molecular weight is 210 g/mol. The van der Waals surface area contributed by atoms with Gasteiger partial charge in [0.2, 0.25) is 0 Å². The molecule has 0 aromatic heterocycles. The van der Waals surface area contributed by atoms with Crippen molar-refractivity contribution >= 4 is 11.6 Å². The lowest BCUT2D eigenvalue weighted by molar-refractivity contribution is 0.831. The zero-order valence-corrected chi connectivity index (χ0v) is 9.11. The summed E-state index contributed by atoms with van der Waals surface area (Å²) in [7, 11) is 0. The van der Waals surface area contributed by atoms with Crippen LogP contribution in [0.1, 0.15) is 29.5 Å². The van der Waals surface area contributed by atoms with Crippen LogP contribution in [0, 0.1) is 0 Å². The van der Waals surface area contributed by atoms with E-state index in [9.17, 15) is 0 Å². The third-order valence-electron chi connectivity index (χ3n) is 2.89. The van der Waals surface area contributed by atoms with E-state index in [0.717, 1.165) is 30.8 Å². The Morgan fingerprint density at radius 3 is 2.93 bits per heavy atom. The molecule has 0 heterocycles. The zero-order chi connectivity index (χ0) is 9.97. The fourth-order valence-corrected chi connectivity index (χ4v) is 2.52. The molecule has 2 rings (SSSR count). The van der Waals surface area contributed by atoms with Crippen molar-refractivity contribution in [2.75, 3.05) is 6.54 Å². The molecule has 1 aromatic rings. The van der Waals surface area contributed by atoms with Gasteiger partial charge in [0.05, 0.1) is 0 Å². The van der Waals surface area contributed by atoms with E-state index in [1.165, 1.54) is 29.5 Å². The maximum absolute atomic E-state index is 6.22. The van der Waals surface area contributed by atoms with Gasteiger partial charge in [-0.1, -0.05) is 17.7 Å². The fourth-order valence-electron chi connectivity index (χ4n) is 2.17. The second-order valence-electron chi connectivity index (χ2n) is 3.96. The molecule has 0 amide bonds. The van der Waals surface area contributed by atoms with Gasteiger partial charge in [0.25, 0.3) is 0 Å². The minimum Gasteiger partial charge on any atom is -0.330 e. The highest BCUT2D eigenvalue weighted by Crippen LogP contribution is 2.30. The Morgan fingerprint density at radius 2 is 2.14 bits per heavy atom. The summed E-state index contributed by atoms with van der Waals surface area (Å²) in [6.07, 6.45) is 5.73. The molecule has 2 heteroatoms. The van der Waals surface area contributed by atoms with Crippen molar-refractivity contribution in [2.24, 2.45) is 5.73 Å². The fraction of sp³-hybridized carbons (Fsp3) is 0.500. The quantitative estimate of drug-likeness (QED) is 0.814. The van der Waals surface area contributed by atoms with E-state index in [4.69, 9.17) is 17.3 Å². The molecule has 1 aromatic carbocycles. The third kappa shape index (κ3) is 1.94. The van der Waals surface area contributed by atoms with Crippen LogP contribution < -0.4 is 5.73 Å². The summed E-state index contributed by atoms with van der Waals surface area (Å²) in [5.41, 5.74) is 9.68. The van der Waals surface area contributed by atoms with Crippen LogP contribution in [0.25, 0.3) is 0 Å². The minimum atomic E-state index is 0.759. The highest BCUT2D eigenvalue weighted by Gasteiger charge is 2.14. The smallest absolute Gasteiger partial charge is 0.0443 e. The topological polar surface area (TPSA) is 26.0 Å². The normalized spacial score (nSPS) is 14.4. The Hall–Kier alpha value is -0.530. The lowest BCUT2D eigenvalue weighted by atomic mass is 10.0. The van der Waals surface area contributed by atoms with Gasteiger partial charge >= 0.3 is 0 Å². The van der Waals surface area contributed by atoms with Gasteiger partial charge in [-0.3, -0.25) is 0 Å². The van der Waals surface area contributed by atoms with Crippen LogP contribution in [-0.2, 0) is 19.3 Å². The molecule has 2 N–H and O–H groups in total. The van der Waals surface area contributed by atoms with Crippen LogP contribution in [0.2, 0.25) is 5.02 Å². The SMILES string of the molecule is NCCCc1cc(Cl)c2c(c1)CCC2. The zero-order valence-electron chi connectivity index (χ0n) is 8.35. The van der Waals surface area contributed by atoms with E-state index in [-0.39, 0.29) is 0 Å². The third-order valence-corrected chi connectivity index (χ3v) is 3.23. The molecule has 76 valence electrons. The van der Waals surface area contributed by atoms with Crippen molar-refractivity contribution in [3.8, 4) is 0 Å². The van der Waals surface area contributed by atoms with E-state index in [2.05, 4.69) is 12.1 Å². The number of aryl methyl sites for hydroxylation is 2. The molecular weight excluding hydrogens is 194 g/mol. The number of nitrogens with two attached hydrogens (primary N) is 1. The Bertz CT molecular complexity index is 333. The lowest BCUT2D eigenvalue weighted by Gasteiger charge is -2.06. The van der Waals surface area contributed by atoms with E-state index in [1.54, 1.807) is 0 Å². The van der Waals surface area contributed by atoms with Crippen molar-refractivity contribution in [3.05, 3.63) is 33.8 Å². The van der Waals surface area contributed by atoms with Crippen molar-refractivity contribution < 1.29 is 0 Å². The predicted molar refractivity (Wildman–Crippen MR) is 60.9 cm³/mol. The van der Waals surface area contributed by atoms with Crippen molar-refractivity contribution in [1.82, 2.24) is 0 Å². The molecular formula is C12H16ClN. The Morgan fingerprint density at radius 1 is 1.29 bits per heavy atom. The number of rotatable bonds is 3. The molecule has 1 aliphatic rings. The predicted octanol–water partition coefficient (Wildman–Crippen LogP) is 2.72. The molecule has 0 atom stereocenters. The van der Waals surface area contributed by atoms with Crippen LogP contribution in [-0.4, -0.2) is 6.54 Å². The molecule has 0 unspecified atom stereocenters. The van der Waals surface area contributed by atoms with Crippen LogP contribution in [0.15, 0.2) is 12.1 Å². The summed E-state index contributed by atoms with van der Waals surface area (Å²) in [6.45, 7) is 0.759. The average Bonchev–Trinajstić information content (AvgIpc) is 2.63. The molecule has 1 nitrogen and oxygen atoms in total. The molecule has 0 aliphatic heterocycles. The van der Waals surface area contributed by atoms with Crippen molar-refractivity contribution in [2.45, 2.75) is 32.1 Å². The van der Waals surface area contributed by atoms with E-state index >= 15 is 0 Å². The summed E-state index contributed by atoms with van der Waals surface area (Å²) >= 11 is 6.22. The van der Waals surface area contributed by atoms with Crippen LogP contribution in [0.3, 0.4) is 0 Å². The first-order chi connectivity index (χ1) is 6.81. The van der Waals surface area contributed by atoms with Gasteiger partial charge in [0, 0.05) is 5.02 Å². The second kappa shape index (κ2) is 4.33. The monoisotopic (exact) mass is 209 g/mol. The molecule has 0 saturated carbocycles. The first-order valence-corrected chi connectivity index (χ1v) is 5.69. The number of benzene rings is 1. The van der Waals surface area contributed by atoms with E-state index < -0.39 is 0 Å². The summed E-state index contributed by atoms with van der Waals surface area (Å²) in [5.74, 6) is 0. The summed E-state index contributed by atoms with van der Waals surface area (Å²) < 4.78 is 0. The van der Waals surface area contributed by atoms with Gasteiger partial charge in [0.1, 0.15) is 0 Å². The van der Waals surface area contributed by atoms with Gasteiger partial charge < -0.3 is 5.73 Å². The Balaban J connectivity index is 2.23. The van der Waals surface area contributed by atoms with E-state index in [1.807, 2.05) is 0 Å². The van der Waals surface area contributed by atoms with Crippen LogP contribution in [0.5, 0.6) is 0 Å². The second-order valence-corrected chi connectivity index (χ2v) is 4.37. The maximum atomic E-state index is 6.22. The molecule has 0 fully saturated rings. The highest BCUT2D eigenvalue weighted by atomic mass is 35.5. The standard InChI is InChI=1S/C12H16ClN/c13-12-8-9(3-2-6-14)7-10-4-1-5-11(10)12/h7-8H,1-6,14H2. The number of fused-ring (bicyclic) bond motifs is 1. The number of hydrogen-bond donors (Lipinski definition) is 1. The van der Waals surface area contributed by atoms with Crippen molar-refractivity contribution in [3.63, 3.8) is 0 Å². The van der Waals surface area contributed by atoms with Gasteiger partial charge in [-0.2, -0.15) is 0 Å². The van der Waals surface area contributed by atoms with Gasteiger partial charge in [-0.15, -0.1) is 0 Å². The Kier molecular flexibility index (Phi) is 3.09. The number of hydrogen-bond acceptors (Lipinski definition) is 1. The van der Waals surface area contributed by atoms with Crippen LogP contribution in [0.4, 0.5) is 0 Å². The summed E-state index contributed by atoms with van der Waals surface area (Å²) in [6, 6.07) is 4.42. The molecule has 0 spiro atoms. The molecule has 0 radical (unpaired) electrons. The minimum absolute atomic E-state index is 0.759. The molecule has 1 aliphatic carbocycles. The van der Waals surface area contributed by atoms with Gasteiger partial charge in [0.15, 0.2) is 0 Å². The van der Waals surface area contributed by atoms with Gasteiger partial charge in [-0.25, -0.2) is 0 Å². The highest BCUT2D eigenvalue weighted by molar-refractivity contribution is 6.31. The maximum Gasteiger partial charge on any atom is 0.0443 e. The largest absolute Gasteiger partial charge is 0.330 e. The van der Waals surface area contributed by atoms with Crippen LogP contribution >= 0.6 is 11.6 Å². The Labute approximate surface area is 90.3 Å². The lowest BCUT2D eigenvalue weighted by Crippen LogP contribution is -2.01. The molecule has 0 bridgehead atoms. The first kappa shape index (κ1) is 10.0. The van der Waals surface area contributed by atoms with E-state index in [0.29, 0.717) is 0 Å². The van der Waals surface area contributed by atoms with Gasteiger partial charge in [-0.05, 0) is 61.4 Å². The first-order valence-electron chi connectivity index (χ1n) is 5.31.